The maximum absolute atomic E-state index is 12.5. The lowest BCUT2D eigenvalue weighted by molar-refractivity contribution is 0.0890. The van der Waals surface area contributed by atoms with Crippen LogP contribution in [0.4, 0.5) is 0 Å². The summed E-state index contributed by atoms with van der Waals surface area (Å²) in [7, 11) is 0. The zero-order chi connectivity index (χ0) is 17.3. The lowest BCUT2D eigenvalue weighted by Crippen LogP contribution is -2.42. The Hall–Kier alpha value is -1.30. The third-order valence-electron chi connectivity index (χ3n) is 5.88. The summed E-state index contributed by atoms with van der Waals surface area (Å²) in [5, 5.41) is 3.78. The molecule has 2 aliphatic rings. The fourth-order valence-corrected chi connectivity index (χ4v) is 4.66. The Morgan fingerprint density at radius 2 is 2.08 bits per heavy atom. The number of rotatable bonds is 4. The van der Waals surface area contributed by atoms with Crippen molar-refractivity contribution < 1.29 is 4.79 Å². The topological polar surface area (TPSA) is 64.0 Å². The molecule has 0 saturated heterocycles. The smallest absolute Gasteiger partial charge is 0.267 e. The van der Waals surface area contributed by atoms with Gasteiger partial charge in [0, 0.05) is 24.5 Å². The van der Waals surface area contributed by atoms with Gasteiger partial charge in [0.1, 0.15) is 5.56 Å². The standard InChI is InChI=1S/C18H27N3O2S/c1-4-18(2,3)12-5-7-13(8-6-12)20-15(22)14-11-19-17-21(16(14)23)9-10-24-17/h11-13H,4-10H2,1-3H3,(H,20,22). The minimum absolute atomic E-state index is 0.174. The molecule has 1 amide bonds. The molecule has 132 valence electrons. The van der Waals surface area contributed by atoms with E-state index < -0.39 is 0 Å². The Bertz CT molecular complexity index is 675. The van der Waals surface area contributed by atoms with E-state index in [0.717, 1.165) is 42.5 Å². The van der Waals surface area contributed by atoms with E-state index in [1.54, 1.807) is 16.3 Å². The van der Waals surface area contributed by atoms with Gasteiger partial charge in [-0.2, -0.15) is 0 Å². The van der Waals surface area contributed by atoms with Gasteiger partial charge in [-0.25, -0.2) is 4.98 Å². The molecule has 1 aromatic heterocycles. The van der Waals surface area contributed by atoms with Gasteiger partial charge in [0.25, 0.3) is 11.5 Å². The Morgan fingerprint density at radius 3 is 2.75 bits per heavy atom. The van der Waals surface area contributed by atoms with E-state index in [-0.39, 0.29) is 23.1 Å². The maximum atomic E-state index is 12.5. The van der Waals surface area contributed by atoms with Crippen molar-refractivity contribution in [2.45, 2.75) is 70.6 Å². The van der Waals surface area contributed by atoms with Crippen molar-refractivity contribution >= 4 is 17.7 Å². The molecule has 1 saturated carbocycles. The van der Waals surface area contributed by atoms with E-state index in [0.29, 0.717) is 12.0 Å². The number of hydrogen-bond donors (Lipinski definition) is 1. The van der Waals surface area contributed by atoms with Crippen LogP contribution >= 0.6 is 11.8 Å². The van der Waals surface area contributed by atoms with Crippen LogP contribution in [0.25, 0.3) is 0 Å². The van der Waals surface area contributed by atoms with Crippen LogP contribution in [0, 0.1) is 11.3 Å². The number of hydrogen-bond acceptors (Lipinski definition) is 4. The molecular formula is C18H27N3O2S. The molecule has 5 nitrogen and oxygen atoms in total. The first-order chi connectivity index (χ1) is 11.4. The third kappa shape index (κ3) is 3.39. The summed E-state index contributed by atoms with van der Waals surface area (Å²) in [4.78, 5) is 29.2. The summed E-state index contributed by atoms with van der Waals surface area (Å²) >= 11 is 1.56. The highest BCUT2D eigenvalue weighted by Gasteiger charge is 2.32. The Labute approximate surface area is 147 Å². The summed E-state index contributed by atoms with van der Waals surface area (Å²) in [6.07, 6.45) is 6.90. The Kier molecular flexibility index (Phi) is 5.04. The van der Waals surface area contributed by atoms with Crippen LogP contribution < -0.4 is 10.9 Å². The quantitative estimate of drug-likeness (QED) is 0.849. The van der Waals surface area contributed by atoms with Crippen molar-refractivity contribution in [3.8, 4) is 0 Å². The van der Waals surface area contributed by atoms with Gasteiger partial charge in [0.05, 0.1) is 0 Å². The van der Waals surface area contributed by atoms with Gasteiger partial charge < -0.3 is 5.32 Å². The van der Waals surface area contributed by atoms with Gasteiger partial charge in [-0.05, 0) is 37.0 Å². The minimum atomic E-state index is -0.266. The molecule has 1 aliphatic heterocycles. The van der Waals surface area contributed by atoms with E-state index in [2.05, 4.69) is 31.1 Å². The number of amides is 1. The Balaban J connectivity index is 1.62. The van der Waals surface area contributed by atoms with E-state index >= 15 is 0 Å². The lowest BCUT2D eigenvalue weighted by Gasteiger charge is -2.39. The number of nitrogens with one attached hydrogen (secondary N) is 1. The molecule has 1 aromatic rings. The lowest BCUT2D eigenvalue weighted by atomic mass is 9.69. The van der Waals surface area contributed by atoms with Gasteiger partial charge in [0.15, 0.2) is 5.16 Å². The number of aromatic nitrogens is 2. The predicted molar refractivity (Wildman–Crippen MR) is 96.5 cm³/mol. The first kappa shape index (κ1) is 17.5. The number of thioether (sulfide) groups is 1. The molecule has 1 fully saturated rings. The monoisotopic (exact) mass is 349 g/mol. The highest BCUT2D eigenvalue weighted by Crippen LogP contribution is 2.40. The first-order valence-electron chi connectivity index (χ1n) is 8.96. The molecule has 2 heterocycles. The molecule has 24 heavy (non-hydrogen) atoms. The van der Waals surface area contributed by atoms with Crippen LogP contribution in [0.1, 0.15) is 63.2 Å². The molecule has 3 rings (SSSR count). The van der Waals surface area contributed by atoms with Crippen LogP contribution in [0.5, 0.6) is 0 Å². The molecule has 0 atom stereocenters. The summed E-state index contributed by atoms with van der Waals surface area (Å²) in [5.74, 6) is 1.31. The fourth-order valence-electron chi connectivity index (χ4n) is 3.74. The zero-order valence-electron chi connectivity index (χ0n) is 14.8. The largest absolute Gasteiger partial charge is 0.349 e. The average Bonchev–Trinajstić information content (AvgIpc) is 3.05. The van der Waals surface area contributed by atoms with Crippen LogP contribution in [0.2, 0.25) is 0 Å². The van der Waals surface area contributed by atoms with Crippen LogP contribution in [-0.2, 0) is 6.54 Å². The van der Waals surface area contributed by atoms with Crippen molar-refractivity contribution in [3.05, 3.63) is 22.1 Å². The minimum Gasteiger partial charge on any atom is -0.349 e. The Morgan fingerprint density at radius 1 is 1.38 bits per heavy atom. The molecular weight excluding hydrogens is 322 g/mol. The van der Waals surface area contributed by atoms with Crippen molar-refractivity contribution in [2.24, 2.45) is 11.3 Å². The average molecular weight is 350 g/mol. The SMILES string of the molecule is CCC(C)(C)C1CCC(NC(=O)c2cnc3n(c2=O)CCS3)CC1. The maximum Gasteiger partial charge on any atom is 0.267 e. The normalized spacial score (nSPS) is 23.8. The molecule has 0 radical (unpaired) electrons. The van der Waals surface area contributed by atoms with Crippen LogP contribution in [0.3, 0.4) is 0 Å². The zero-order valence-corrected chi connectivity index (χ0v) is 15.6. The number of carbonyl (C=O) groups excluding carboxylic acids is 1. The molecule has 6 heteroatoms. The van der Waals surface area contributed by atoms with Crippen LogP contribution in [0.15, 0.2) is 16.1 Å². The number of fused-ring (bicyclic) bond motifs is 1. The second-order valence-electron chi connectivity index (χ2n) is 7.62. The van der Waals surface area contributed by atoms with E-state index in [9.17, 15) is 9.59 Å². The highest BCUT2D eigenvalue weighted by molar-refractivity contribution is 7.99. The van der Waals surface area contributed by atoms with Crippen LogP contribution in [-0.4, -0.2) is 27.3 Å². The van der Waals surface area contributed by atoms with Gasteiger partial charge in [-0.3, -0.25) is 14.2 Å². The molecule has 0 bridgehead atoms. The second kappa shape index (κ2) is 6.90. The van der Waals surface area contributed by atoms with E-state index in [1.807, 2.05) is 0 Å². The molecule has 1 N–H and O–H groups in total. The van der Waals surface area contributed by atoms with Crippen molar-refractivity contribution in [3.63, 3.8) is 0 Å². The first-order valence-corrected chi connectivity index (χ1v) is 9.94. The molecule has 0 unspecified atom stereocenters. The summed E-state index contributed by atoms with van der Waals surface area (Å²) in [5.41, 5.74) is 0.343. The van der Waals surface area contributed by atoms with Crippen molar-refractivity contribution in [2.75, 3.05) is 5.75 Å². The van der Waals surface area contributed by atoms with Crippen molar-refractivity contribution in [1.82, 2.24) is 14.9 Å². The molecule has 1 aliphatic carbocycles. The van der Waals surface area contributed by atoms with E-state index in [1.165, 1.54) is 12.6 Å². The van der Waals surface area contributed by atoms with Gasteiger partial charge in [-0.1, -0.05) is 39.0 Å². The summed E-state index contributed by atoms with van der Waals surface area (Å²) in [6, 6.07) is 0.174. The molecule has 0 spiro atoms. The summed E-state index contributed by atoms with van der Waals surface area (Å²) < 4.78 is 1.61. The highest BCUT2D eigenvalue weighted by atomic mass is 32.2. The number of carbonyl (C=O) groups is 1. The third-order valence-corrected chi connectivity index (χ3v) is 6.85. The van der Waals surface area contributed by atoms with Gasteiger partial charge in [0.2, 0.25) is 0 Å². The van der Waals surface area contributed by atoms with E-state index in [4.69, 9.17) is 0 Å². The van der Waals surface area contributed by atoms with Gasteiger partial charge in [-0.15, -0.1) is 0 Å². The van der Waals surface area contributed by atoms with Crippen molar-refractivity contribution in [1.29, 1.82) is 0 Å². The fraction of sp³-hybridized carbons (Fsp3) is 0.722. The molecule has 0 aromatic carbocycles. The summed E-state index contributed by atoms with van der Waals surface area (Å²) in [6.45, 7) is 7.57. The number of nitrogens with zero attached hydrogens (tertiary/aromatic N) is 2. The van der Waals surface area contributed by atoms with Gasteiger partial charge >= 0.3 is 0 Å². The predicted octanol–water partition coefficient (Wildman–Crippen LogP) is 3.07. The second-order valence-corrected chi connectivity index (χ2v) is 8.69.